The maximum Gasteiger partial charge on any atom is 0.336 e. The number of benzene rings is 2. The van der Waals surface area contributed by atoms with Crippen molar-refractivity contribution in [3.63, 3.8) is 0 Å². The summed E-state index contributed by atoms with van der Waals surface area (Å²) in [4.78, 5) is 27.1. The van der Waals surface area contributed by atoms with Crippen molar-refractivity contribution in [2.75, 3.05) is 27.4 Å². The first-order valence-electron chi connectivity index (χ1n) is 13.3. The first kappa shape index (κ1) is 27.3. The second-order valence-electron chi connectivity index (χ2n) is 9.69. The lowest BCUT2D eigenvalue weighted by Crippen LogP contribution is -2.36. The summed E-state index contributed by atoms with van der Waals surface area (Å²) in [7, 11) is 3.23. The van der Waals surface area contributed by atoms with Crippen LogP contribution in [0.3, 0.4) is 0 Å². The highest BCUT2D eigenvalue weighted by atomic mass is 16.5. The molecule has 4 rings (SSSR count). The van der Waals surface area contributed by atoms with Gasteiger partial charge in [0, 0.05) is 29.3 Å². The zero-order valence-corrected chi connectivity index (χ0v) is 22.9. The van der Waals surface area contributed by atoms with Crippen LogP contribution in [-0.4, -0.2) is 39.2 Å². The molecule has 2 aliphatic rings. The van der Waals surface area contributed by atoms with Gasteiger partial charge in [0.15, 0.2) is 17.3 Å². The summed E-state index contributed by atoms with van der Waals surface area (Å²) < 4.78 is 22.3. The second kappa shape index (κ2) is 12.2. The van der Waals surface area contributed by atoms with Gasteiger partial charge in [0.05, 0.1) is 33.0 Å². The molecule has 0 saturated heterocycles. The summed E-state index contributed by atoms with van der Waals surface area (Å²) >= 11 is 0. The SMILES string of the molecule is CCCOC(=O)C1=C(C)NC2=C(C(=O)C[C@H](c3ccc(OC)cc3)C2)[C@H]1c1ccc(OCCC)c(OC)c1. The summed E-state index contributed by atoms with van der Waals surface area (Å²) in [6, 6.07) is 13.5. The third-order valence-electron chi connectivity index (χ3n) is 7.05. The predicted molar refractivity (Wildman–Crippen MR) is 146 cm³/mol. The third-order valence-corrected chi connectivity index (χ3v) is 7.05. The number of carbonyl (C=O) groups is 2. The number of rotatable bonds is 10. The molecule has 0 fully saturated rings. The van der Waals surface area contributed by atoms with Gasteiger partial charge in [-0.3, -0.25) is 4.79 Å². The van der Waals surface area contributed by atoms with Crippen LogP contribution in [-0.2, 0) is 14.3 Å². The molecule has 0 saturated carbocycles. The molecular formula is C31H37NO6. The van der Waals surface area contributed by atoms with Crippen LogP contribution in [0.2, 0.25) is 0 Å². The zero-order valence-electron chi connectivity index (χ0n) is 22.9. The molecule has 0 radical (unpaired) electrons. The molecule has 0 spiro atoms. The molecule has 1 aliphatic heterocycles. The van der Waals surface area contributed by atoms with E-state index >= 15 is 0 Å². The molecular weight excluding hydrogens is 482 g/mol. The van der Waals surface area contributed by atoms with E-state index in [9.17, 15) is 9.59 Å². The Balaban J connectivity index is 1.77. The minimum atomic E-state index is -0.561. The monoisotopic (exact) mass is 519 g/mol. The minimum absolute atomic E-state index is 0.0168. The lowest BCUT2D eigenvalue weighted by atomic mass is 9.71. The molecule has 2 aromatic rings. The summed E-state index contributed by atoms with van der Waals surface area (Å²) in [6.07, 6.45) is 2.60. The molecule has 7 nitrogen and oxygen atoms in total. The van der Waals surface area contributed by atoms with Crippen LogP contribution in [0.4, 0.5) is 0 Å². The number of hydrogen-bond acceptors (Lipinski definition) is 7. The van der Waals surface area contributed by atoms with Crippen LogP contribution < -0.4 is 19.5 Å². The number of dihydropyridines is 1. The van der Waals surface area contributed by atoms with Gasteiger partial charge in [-0.05, 0) is 67.5 Å². The normalized spacial score (nSPS) is 19.0. The van der Waals surface area contributed by atoms with Crippen molar-refractivity contribution in [3.05, 3.63) is 76.1 Å². The average Bonchev–Trinajstić information content (AvgIpc) is 2.93. The van der Waals surface area contributed by atoms with Crippen LogP contribution in [0.1, 0.15) is 69.4 Å². The highest BCUT2D eigenvalue weighted by Crippen LogP contribution is 2.47. The van der Waals surface area contributed by atoms with E-state index in [-0.39, 0.29) is 11.7 Å². The summed E-state index contributed by atoms with van der Waals surface area (Å²) in [5.74, 6) is 1.05. The van der Waals surface area contributed by atoms with E-state index in [1.165, 1.54) is 0 Å². The first-order chi connectivity index (χ1) is 18.4. The Morgan fingerprint density at radius 2 is 1.63 bits per heavy atom. The maximum atomic E-state index is 13.8. The van der Waals surface area contributed by atoms with Gasteiger partial charge in [0.25, 0.3) is 0 Å². The minimum Gasteiger partial charge on any atom is -0.497 e. The number of carbonyl (C=O) groups excluding carboxylic acids is 2. The van der Waals surface area contributed by atoms with Gasteiger partial charge >= 0.3 is 5.97 Å². The highest BCUT2D eigenvalue weighted by molar-refractivity contribution is 6.04. The van der Waals surface area contributed by atoms with Gasteiger partial charge in [-0.25, -0.2) is 4.79 Å². The smallest absolute Gasteiger partial charge is 0.336 e. The van der Waals surface area contributed by atoms with Crippen LogP contribution in [0.5, 0.6) is 17.2 Å². The van der Waals surface area contributed by atoms with Crippen molar-refractivity contribution in [1.82, 2.24) is 5.32 Å². The van der Waals surface area contributed by atoms with Gasteiger partial charge in [-0.2, -0.15) is 0 Å². The Morgan fingerprint density at radius 3 is 2.29 bits per heavy atom. The van der Waals surface area contributed by atoms with E-state index in [2.05, 4.69) is 5.32 Å². The number of Topliss-reactive ketones (excluding diaryl/α,β-unsaturated/α-hetero) is 1. The Bertz CT molecular complexity index is 1240. The highest BCUT2D eigenvalue weighted by Gasteiger charge is 2.41. The van der Waals surface area contributed by atoms with Crippen molar-refractivity contribution in [2.24, 2.45) is 0 Å². The number of methoxy groups -OCH3 is 2. The van der Waals surface area contributed by atoms with Gasteiger partial charge < -0.3 is 24.3 Å². The largest absolute Gasteiger partial charge is 0.497 e. The molecule has 7 heteroatoms. The number of esters is 1. The fourth-order valence-electron chi connectivity index (χ4n) is 5.22. The van der Waals surface area contributed by atoms with E-state index in [4.69, 9.17) is 18.9 Å². The third kappa shape index (κ3) is 5.57. The van der Waals surface area contributed by atoms with Gasteiger partial charge in [0.1, 0.15) is 5.75 Å². The summed E-state index contributed by atoms with van der Waals surface area (Å²) in [5, 5.41) is 3.40. The molecule has 38 heavy (non-hydrogen) atoms. The zero-order chi connectivity index (χ0) is 27.2. The number of hydrogen-bond donors (Lipinski definition) is 1. The lowest BCUT2D eigenvalue weighted by Gasteiger charge is -2.37. The number of nitrogens with one attached hydrogen (secondary N) is 1. The fraction of sp³-hybridized carbons (Fsp3) is 0.419. The van der Waals surface area contributed by atoms with E-state index in [0.29, 0.717) is 60.8 Å². The van der Waals surface area contributed by atoms with E-state index in [1.54, 1.807) is 14.2 Å². The lowest BCUT2D eigenvalue weighted by molar-refractivity contribution is -0.139. The van der Waals surface area contributed by atoms with Crippen molar-refractivity contribution in [2.45, 2.75) is 58.3 Å². The fourth-order valence-corrected chi connectivity index (χ4v) is 5.22. The molecule has 202 valence electrons. The van der Waals surface area contributed by atoms with Crippen molar-refractivity contribution >= 4 is 11.8 Å². The predicted octanol–water partition coefficient (Wildman–Crippen LogP) is 5.81. The Morgan fingerprint density at radius 1 is 0.921 bits per heavy atom. The summed E-state index contributed by atoms with van der Waals surface area (Å²) in [5.41, 5.74) is 4.49. The van der Waals surface area contributed by atoms with Gasteiger partial charge in [-0.15, -0.1) is 0 Å². The Hall–Kier alpha value is -3.74. The number of allylic oxidation sites excluding steroid dienone is 3. The second-order valence-corrected chi connectivity index (χ2v) is 9.69. The molecule has 1 N–H and O–H groups in total. The molecule has 1 heterocycles. The Labute approximate surface area is 224 Å². The average molecular weight is 520 g/mol. The Kier molecular flexibility index (Phi) is 8.77. The van der Waals surface area contributed by atoms with Crippen LogP contribution >= 0.6 is 0 Å². The quantitative estimate of drug-likeness (QED) is 0.397. The van der Waals surface area contributed by atoms with E-state index in [1.807, 2.05) is 63.2 Å². The maximum absolute atomic E-state index is 13.8. The molecule has 2 aromatic carbocycles. The van der Waals surface area contributed by atoms with Crippen LogP contribution in [0, 0.1) is 0 Å². The molecule has 0 unspecified atom stereocenters. The van der Waals surface area contributed by atoms with Crippen LogP contribution in [0.25, 0.3) is 0 Å². The van der Waals surface area contributed by atoms with E-state index in [0.717, 1.165) is 29.0 Å². The molecule has 1 aliphatic carbocycles. The van der Waals surface area contributed by atoms with Gasteiger partial charge in [-0.1, -0.05) is 32.0 Å². The van der Waals surface area contributed by atoms with Crippen molar-refractivity contribution in [3.8, 4) is 17.2 Å². The van der Waals surface area contributed by atoms with Crippen LogP contribution in [0.15, 0.2) is 65.0 Å². The number of ether oxygens (including phenoxy) is 4. The van der Waals surface area contributed by atoms with Gasteiger partial charge in [0.2, 0.25) is 0 Å². The molecule has 0 aromatic heterocycles. The van der Waals surface area contributed by atoms with Crippen molar-refractivity contribution in [1.29, 1.82) is 0 Å². The topological polar surface area (TPSA) is 83.1 Å². The molecule has 2 atom stereocenters. The summed E-state index contributed by atoms with van der Waals surface area (Å²) in [6.45, 7) is 6.75. The first-order valence-corrected chi connectivity index (χ1v) is 13.3. The van der Waals surface area contributed by atoms with E-state index < -0.39 is 11.9 Å². The molecule has 0 bridgehead atoms. The molecule has 0 amide bonds. The number of ketones is 1. The van der Waals surface area contributed by atoms with Crippen molar-refractivity contribution < 1.29 is 28.5 Å². The standard InChI is InChI=1S/C31H37NO6/c1-6-14-37-26-13-10-21(18-27(26)36-5)29-28(31(34)38-15-7-2)19(3)32-24-16-22(17-25(33)30(24)29)20-8-11-23(35-4)12-9-20/h8-13,18,22,29,32H,6-7,14-17H2,1-5H3/t22-,29+/m1/s1.